The highest BCUT2D eigenvalue weighted by Crippen LogP contribution is 2.47. The largest absolute Gasteiger partial charge is 0.322 e. The van der Waals surface area contributed by atoms with Crippen molar-refractivity contribution in [3.63, 3.8) is 0 Å². The Morgan fingerprint density at radius 1 is 1.33 bits per heavy atom. The summed E-state index contributed by atoms with van der Waals surface area (Å²) >= 11 is 0. The molecule has 5 heteroatoms. The number of aryl methyl sites for hydroxylation is 1. The van der Waals surface area contributed by atoms with Crippen LogP contribution < -0.4 is 10.6 Å². The van der Waals surface area contributed by atoms with E-state index in [0.29, 0.717) is 11.1 Å². The molecule has 3 amide bonds. The Morgan fingerprint density at radius 3 is 2.56 bits per heavy atom. The van der Waals surface area contributed by atoms with E-state index in [1.165, 1.54) is 6.07 Å². The number of carbonyl (C=O) groups excluding carboxylic acids is 2. The fraction of sp³-hybridized carbons (Fsp3) is 0.385. The molecule has 94 valence electrons. The number of urea groups is 1. The minimum absolute atomic E-state index is 0.0612. The molecule has 0 aromatic heterocycles. The van der Waals surface area contributed by atoms with Crippen molar-refractivity contribution in [1.29, 1.82) is 0 Å². The van der Waals surface area contributed by atoms with Gasteiger partial charge in [-0.1, -0.05) is 12.1 Å². The van der Waals surface area contributed by atoms with Gasteiger partial charge in [-0.15, -0.1) is 0 Å². The molecule has 1 heterocycles. The van der Waals surface area contributed by atoms with E-state index in [1.54, 1.807) is 19.1 Å². The Balaban J connectivity index is 2.12. The minimum Gasteiger partial charge on any atom is -0.319 e. The molecule has 4 nitrogen and oxygen atoms in total. The minimum atomic E-state index is -1.08. The molecule has 1 aromatic rings. The van der Waals surface area contributed by atoms with Crippen LogP contribution in [0.1, 0.15) is 24.0 Å². The monoisotopic (exact) mass is 248 g/mol. The second-order valence-corrected chi connectivity index (χ2v) is 4.95. The van der Waals surface area contributed by atoms with E-state index >= 15 is 0 Å². The lowest BCUT2D eigenvalue weighted by Crippen LogP contribution is -2.46. The number of nitrogens with one attached hydrogen (secondary N) is 2. The molecule has 0 bridgehead atoms. The second-order valence-electron chi connectivity index (χ2n) is 4.95. The smallest absolute Gasteiger partial charge is 0.319 e. The van der Waals surface area contributed by atoms with Crippen molar-refractivity contribution in [3.05, 3.63) is 35.1 Å². The van der Waals surface area contributed by atoms with Gasteiger partial charge in [0, 0.05) is 0 Å². The molecular weight excluding hydrogens is 235 g/mol. The molecule has 1 atom stereocenters. The van der Waals surface area contributed by atoms with Gasteiger partial charge in [0.2, 0.25) is 0 Å². The first kappa shape index (κ1) is 11.2. The molecular formula is C13H13FN2O2. The van der Waals surface area contributed by atoms with Gasteiger partial charge in [0.15, 0.2) is 0 Å². The quantitative estimate of drug-likeness (QED) is 0.781. The maximum Gasteiger partial charge on any atom is 0.322 e. The van der Waals surface area contributed by atoms with Gasteiger partial charge in [0.05, 0.1) is 0 Å². The Morgan fingerprint density at radius 2 is 2.06 bits per heavy atom. The molecule has 3 rings (SSSR count). The zero-order chi connectivity index (χ0) is 12.9. The molecule has 1 aromatic carbocycles. The highest BCUT2D eigenvalue weighted by molar-refractivity contribution is 6.07. The number of hydrogen-bond acceptors (Lipinski definition) is 2. The number of hydrogen-bond donors (Lipinski definition) is 2. The van der Waals surface area contributed by atoms with Crippen LogP contribution in [-0.2, 0) is 10.3 Å². The molecule has 1 aliphatic heterocycles. The first-order chi connectivity index (χ1) is 8.54. The molecule has 0 spiro atoms. The van der Waals surface area contributed by atoms with E-state index in [1.807, 2.05) is 0 Å². The van der Waals surface area contributed by atoms with E-state index in [2.05, 4.69) is 10.6 Å². The van der Waals surface area contributed by atoms with Crippen molar-refractivity contribution in [2.45, 2.75) is 25.3 Å². The molecule has 1 unspecified atom stereocenters. The number of carbonyl (C=O) groups is 2. The summed E-state index contributed by atoms with van der Waals surface area (Å²) in [6.45, 7) is 1.66. The lowest BCUT2D eigenvalue weighted by molar-refractivity contribution is -0.125. The topological polar surface area (TPSA) is 58.2 Å². The normalized spacial score (nSPS) is 27.0. The fourth-order valence-electron chi connectivity index (χ4n) is 2.55. The molecule has 2 N–H and O–H groups in total. The van der Waals surface area contributed by atoms with Gasteiger partial charge >= 0.3 is 6.03 Å². The predicted molar refractivity (Wildman–Crippen MR) is 62.2 cm³/mol. The summed E-state index contributed by atoms with van der Waals surface area (Å²) in [5, 5.41) is 4.93. The van der Waals surface area contributed by atoms with Gasteiger partial charge in [-0.3, -0.25) is 10.1 Å². The van der Waals surface area contributed by atoms with Crippen molar-refractivity contribution < 1.29 is 14.0 Å². The van der Waals surface area contributed by atoms with Crippen LogP contribution in [0.2, 0.25) is 0 Å². The average Bonchev–Trinajstić information content (AvgIpc) is 3.10. The lowest BCUT2D eigenvalue weighted by atomic mass is 9.84. The second kappa shape index (κ2) is 3.54. The first-order valence-electron chi connectivity index (χ1n) is 5.94. The van der Waals surface area contributed by atoms with Crippen molar-refractivity contribution in [2.24, 2.45) is 5.92 Å². The van der Waals surface area contributed by atoms with E-state index in [9.17, 15) is 14.0 Å². The van der Waals surface area contributed by atoms with E-state index in [-0.39, 0.29) is 17.6 Å². The van der Waals surface area contributed by atoms with Crippen LogP contribution in [-0.4, -0.2) is 11.9 Å². The van der Waals surface area contributed by atoms with Crippen LogP contribution in [0.15, 0.2) is 18.2 Å². The SMILES string of the molecule is Cc1ccc(C2(C3CC3)NC(=O)NC2=O)cc1F. The third kappa shape index (κ3) is 1.43. The molecule has 2 fully saturated rings. The summed E-state index contributed by atoms with van der Waals surface area (Å²) < 4.78 is 13.7. The Hall–Kier alpha value is -1.91. The third-order valence-electron chi connectivity index (χ3n) is 3.71. The predicted octanol–water partition coefficient (Wildman–Crippen LogP) is 1.58. The van der Waals surface area contributed by atoms with Crippen LogP contribution in [0.25, 0.3) is 0 Å². The molecule has 18 heavy (non-hydrogen) atoms. The fourth-order valence-corrected chi connectivity index (χ4v) is 2.55. The van der Waals surface area contributed by atoms with Gasteiger partial charge in [-0.05, 0) is 42.9 Å². The van der Waals surface area contributed by atoms with Crippen molar-refractivity contribution in [2.75, 3.05) is 0 Å². The summed E-state index contributed by atoms with van der Waals surface area (Å²) in [7, 11) is 0. The maximum atomic E-state index is 13.7. The van der Waals surface area contributed by atoms with Gasteiger partial charge in [-0.25, -0.2) is 9.18 Å². The summed E-state index contributed by atoms with van der Waals surface area (Å²) in [6, 6.07) is 4.18. The zero-order valence-corrected chi connectivity index (χ0v) is 9.92. The molecule has 2 aliphatic rings. The van der Waals surface area contributed by atoms with Crippen LogP contribution >= 0.6 is 0 Å². The van der Waals surface area contributed by atoms with Crippen molar-refractivity contribution in [3.8, 4) is 0 Å². The number of benzene rings is 1. The third-order valence-corrected chi connectivity index (χ3v) is 3.71. The molecule has 1 aliphatic carbocycles. The summed E-state index contributed by atoms with van der Waals surface area (Å²) in [6.07, 6.45) is 1.73. The van der Waals surface area contributed by atoms with E-state index in [0.717, 1.165) is 12.8 Å². The first-order valence-corrected chi connectivity index (χ1v) is 5.94. The van der Waals surface area contributed by atoms with Crippen molar-refractivity contribution in [1.82, 2.24) is 10.6 Å². The number of rotatable bonds is 2. The Kier molecular flexibility index (Phi) is 2.20. The average molecular weight is 248 g/mol. The molecule has 1 saturated heterocycles. The van der Waals surface area contributed by atoms with Gasteiger partial charge in [-0.2, -0.15) is 0 Å². The maximum absolute atomic E-state index is 13.7. The standard InChI is InChI=1S/C13H13FN2O2/c1-7-2-3-9(6-10(7)14)13(8-4-5-8)11(17)15-12(18)16-13/h2-3,6,8H,4-5H2,1H3,(H2,15,16,17,18). The van der Waals surface area contributed by atoms with Crippen molar-refractivity contribution >= 4 is 11.9 Å². The Labute approximate surface area is 104 Å². The molecule has 1 saturated carbocycles. The van der Waals surface area contributed by atoms with Gasteiger partial charge in [0.1, 0.15) is 11.4 Å². The van der Waals surface area contributed by atoms with Crippen LogP contribution in [0.4, 0.5) is 9.18 Å². The summed E-state index contributed by atoms with van der Waals surface area (Å²) in [4.78, 5) is 23.5. The highest BCUT2D eigenvalue weighted by atomic mass is 19.1. The van der Waals surface area contributed by atoms with E-state index in [4.69, 9.17) is 0 Å². The van der Waals surface area contributed by atoms with Crippen LogP contribution in [0.3, 0.4) is 0 Å². The summed E-state index contributed by atoms with van der Waals surface area (Å²) in [5.74, 6) is -0.675. The zero-order valence-electron chi connectivity index (χ0n) is 9.92. The number of halogens is 1. The lowest BCUT2D eigenvalue weighted by Gasteiger charge is -2.26. The van der Waals surface area contributed by atoms with E-state index < -0.39 is 11.6 Å². The highest BCUT2D eigenvalue weighted by Gasteiger charge is 2.57. The Bertz CT molecular complexity index is 554. The number of imide groups is 1. The van der Waals surface area contributed by atoms with Gasteiger partial charge < -0.3 is 5.32 Å². The van der Waals surface area contributed by atoms with Crippen LogP contribution in [0, 0.1) is 18.7 Å². The molecule has 0 radical (unpaired) electrons. The summed E-state index contributed by atoms with van der Waals surface area (Å²) in [5.41, 5.74) is -0.0306. The van der Waals surface area contributed by atoms with Crippen LogP contribution in [0.5, 0.6) is 0 Å². The van der Waals surface area contributed by atoms with Gasteiger partial charge in [0.25, 0.3) is 5.91 Å². The number of amides is 3.